The average molecular weight is 390 g/mol. The maximum atomic E-state index is 13.4. The van der Waals surface area contributed by atoms with Crippen LogP contribution >= 0.6 is 0 Å². The standard InChI is InChI=1S/C23H23FN4O/c1-5-29-20-12-8-18(9-13-20)27-22-21-14(2)15(3)28(23(21)26-16(4)25-22)19-10-6-17(24)7-11-19/h6-13H,5H2,1-4H3,(H,25,26,27). The lowest BCUT2D eigenvalue weighted by atomic mass is 10.2. The minimum Gasteiger partial charge on any atom is -0.494 e. The fourth-order valence-electron chi connectivity index (χ4n) is 3.51. The molecule has 0 saturated heterocycles. The van der Waals surface area contributed by atoms with E-state index < -0.39 is 0 Å². The van der Waals surface area contributed by atoms with Gasteiger partial charge in [0.15, 0.2) is 5.65 Å². The molecule has 0 atom stereocenters. The van der Waals surface area contributed by atoms with Crippen molar-refractivity contribution in [2.45, 2.75) is 27.7 Å². The van der Waals surface area contributed by atoms with Crippen molar-refractivity contribution in [1.29, 1.82) is 0 Å². The lowest BCUT2D eigenvalue weighted by molar-refractivity contribution is 0.340. The fourth-order valence-corrected chi connectivity index (χ4v) is 3.51. The molecule has 0 bridgehead atoms. The number of nitrogens with one attached hydrogen (secondary N) is 1. The summed E-state index contributed by atoms with van der Waals surface area (Å²) in [5.74, 6) is 1.98. The van der Waals surface area contributed by atoms with Gasteiger partial charge in [0.05, 0.1) is 12.0 Å². The third-order valence-electron chi connectivity index (χ3n) is 4.98. The Kier molecular flexibility index (Phi) is 4.92. The van der Waals surface area contributed by atoms with Gasteiger partial charge in [0.2, 0.25) is 0 Å². The molecule has 0 aliphatic rings. The van der Waals surface area contributed by atoms with Gasteiger partial charge in [0.25, 0.3) is 0 Å². The van der Waals surface area contributed by atoms with E-state index in [1.807, 2.05) is 49.6 Å². The van der Waals surface area contributed by atoms with Crippen molar-refractivity contribution in [1.82, 2.24) is 14.5 Å². The van der Waals surface area contributed by atoms with Gasteiger partial charge in [-0.15, -0.1) is 0 Å². The van der Waals surface area contributed by atoms with E-state index in [1.165, 1.54) is 12.1 Å². The Hall–Kier alpha value is -3.41. The van der Waals surface area contributed by atoms with E-state index in [-0.39, 0.29) is 5.82 Å². The number of anilines is 2. The Morgan fingerprint density at radius 2 is 1.66 bits per heavy atom. The zero-order chi connectivity index (χ0) is 20.5. The van der Waals surface area contributed by atoms with E-state index in [0.717, 1.165) is 45.2 Å². The van der Waals surface area contributed by atoms with Crippen LogP contribution in [0.5, 0.6) is 5.75 Å². The highest BCUT2D eigenvalue weighted by atomic mass is 19.1. The average Bonchev–Trinajstić information content (AvgIpc) is 2.95. The van der Waals surface area contributed by atoms with E-state index >= 15 is 0 Å². The summed E-state index contributed by atoms with van der Waals surface area (Å²) in [5, 5.41) is 4.37. The molecule has 2 aromatic carbocycles. The topological polar surface area (TPSA) is 52.0 Å². The van der Waals surface area contributed by atoms with Crippen LogP contribution < -0.4 is 10.1 Å². The number of nitrogens with zero attached hydrogens (tertiary/aromatic N) is 3. The Balaban J connectivity index is 1.83. The summed E-state index contributed by atoms with van der Waals surface area (Å²) < 4.78 is 21.0. The van der Waals surface area contributed by atoms with Crippen molar-refractivity contribution in [3.8, 4) is 11.4 Å². The monoisotopic (exact) mass is 390 g/mol. The van der Waals surface area contributed by atoms with Gasteiger partial charge in [0.1, 0.15) is 23.2 Å². The molecule has 0 unspecified atom stereocenters. The maximum absolute atomic E-state index is 13.4. The first-order valence-electron chi connectivity index (χ1n) is 9.60. The summed E-state index contributed by atoms with van der Waals surface area (Å²) in [6.45, 7) is 8.56. The second-order valence-corrected chi connectivity index (χ2v) is 6.92. The first-order valence-corrected chi connectivity index (χ1v) is 9.60. The van der Waals surface area contributed by atoms with Gasteiger partial charge < -0.3 is 10.1 Å². The van der Waals surface area contributed by atoms with E-state index in [2.05, 4.69) is 17.2 Å². The molecule has 0 amide bonds. The SMILES string of the molecule is CCOc1ccc(Nc2nc(C)nc3c2c(C)c(C)n3-c2ccc(F)cc2)cc1. The smallest absolute Gasteiger partial charge is 0.150 e. The zero-order valence-corrected chi connectivity index (χ0v) is 17.0. The Labute approximate surface area is 169 Å². The maximum Gasteiger partial charge on any atom is 0.150 e. The van der Waals surface area contributed by atoms with Crippen molar-refractivity contribution in [3.05, 3.63) is 71.4 Å². The van der Waals surface area contributed by atoms with E-state index in [0.29, 0.717) is 12.4 Å². The number of benzene rings is 2. The van der Waals surface area contributed by atoms with Crippen molar-refractivity contribution < 1.29 is 9.13 Å². The molecule has 4 rings (SSSR count). The number of halogens is 1. The van der Waals surface area contributed by atoms with E-state index in [9.17, 15) is 4.39 Å². The number of rotatable bonds is 5. The predicted molar refractivity (Wildman–Crippen MR) is 114 cm³/mol. The number of ether oxygens (including phenoxy) is 1. The van der Waals surface area contributed by atoms with Gasteiger partial charge in [-0.25, -0.2) is 14.4 Å². The van der Waals surface area contributed by atoms with Crippen molar-refractivity contribution >= 4 is 22.5 Å². The second kappa shape index (κ2) is 7.54. The molecule has 0 radical (unpaired) electrons. The summed E-state index contributed by atoms with van der Waals surface area (Å²) in [6, 6.07) is 14.2. The van der Waals surface area contributed by atoms with Crippen molar-refractivity contribution in [3.63, 3.8) is 0 Å². The number of aryl methyl sites for hydroxylation is 2. The van der Waals surface area contributed by atoms with Crippen LogP contribution in [0.25, 0.3) is 16.7 Å². The molecule has 2 heterocycles. The molecule has 6 heteroatoms. The van der Waals surface area contributed by atoms with Crippen LogP contribution in [-0.2, 0) is 0 Å². The molecule has 0 fully saturated rings. The molecule has 0 saturated carbocycles. The Morgan fingerprint density at radius 1 is 0.966 bits per heavy atom. The number of aromatic nitrogens is 3. The molecule has 5 nitrogen and oxygen atoms in total. The van der Waals surface area contributed by atoms with Crippen LogP contribution in [0.15, 0.2) is 48.5 Å². The minimum atomic E-state index is -0.261. The zero-order valence-electron chi connectivity index (χ0n) is 17.0. The molecule has 29 heavy (non-hydrogen) atoms. The van der Waals surface area contributed by atoms with Crippen molar-refractivity contribution in [2.24, 2.45) is 0 Å². The molecule has 4 aromatic rings. The van der Waals surface area contributed by atoms with Gasteiger partial charge in [-0.05, 0) is 81.8 Å². The molecule has 1 N–H and O–H groups in total. The van der Waals surface area contributed by atoms with Crippen LogP contribution in [0.2, 0.25) is 0 Å². The van der Waals surface area contributed by atoms with E-state index in [4.69, 9.17) is 9.72 Å². The van der Waals surface area contributed by atoms with Crippen LogP contribution in [0.4, 0.5) is 15.9 Å². The lowest BCUT2D eigenvalue weighted by Gasteiger charge is -2.11. The summed E-state index contributed by atoms with van der Waals surface area (Å²) >= 11 is 0. The Morgan fingerprint density at radius 3 is 2.31 bits per heavy atom. The molecule has 2 aromatic heterocycles. The highest BCUT2D eigenvalue weighted by Gasteiger charge is 2.19. The Bertz CT molecular complexity index is 1160. The number of hydrogen-bond donors (Lipinski definition) is 1. The van der Waals surface area contributed by atoms with E-state index in [1.54, 1.807) is 12.1 Å². The van der Waals surface area contributed by atoms with Gasteiger partial charge >= 0.3 is 0 Å². The van der Waals surface area contributed by atoms with Gasteiger partial charge in [0, 0.05) is 17.1 Å². The van der Waals surface area contributed by atoms with Gasteiger partial charge in [-0.1, -0.05) is 0 Å². The minimum absolute atomic E-state index is 0.261. The van der Waals surface area contributed by atoms with Gasteiger partial charge in [-0.2, -0.15) is 0 Å². The third kappa shape index (κ3) is 3.53. The lowest BCUT2D eigenvalue weighted by Crippen LogP contribution is -2.02. The molecular formula is C23H23FN4O. The van der Waals surface area contributed by atoms with Crippen LogP contribution in [0.3, 0.4) is 0 Å². The molecule has 0 aliphatic carbocycles. The van der Waals surface area contributed by atoms with Crippen LogP contribution in [0.1, 0.15) is 24.0 Å². The fraction of sp³-hybridized carbons (Fsp3) is 0.217. The molecular weight excluding hydrogens is 367 g/mol. The third-order valence-corrected chi connectivity index (χ3v) is 4.98. The normalized spacial score (nSPS) is 11.1. The number of fused-ring (bicyclic) bond motifs is 1. The summed E-state index contributed by atoms with van der Waals surface area (Å²) in [4.78, 5) is 9.35. The quantitative estimate of drug-likeness (QED) is 0.480. The largest absolute Gasteiger partial charge is 0.494 e. The second-order valence-electron chi connectivity index (χ2n) is 6.92. The van der Waals surface area contributed by atoms with Crippen LogP contribution in [-0.4, -0.2) is 21.1 Å². The molecule has 148 valence electrons. The molecule has 0 spiro atoms. The summed E-state index contributed by atoms with van der Waals surface area (Å²) in [5.41, 5.74) is 4.71. The van der Waals surface area contributed by atoms with Crippen molar-refractivity contribution in [2.75, 3.05) is 11.9 Å². The summed E-state index contributed by atoms with van der Waals surface area (Å²) in [6.07, 6.45) is 0. The highest BCUT2D eigenvalue weighted by Crippen LogP contribution is 2.33. The molecule has 0 aliphatic heterocycles. The highest BCUT2D eigenvalue weighted by molar-refractivity contribution is 5.94. The summed E-state index contributed by atoms with van der Waals surface area (Å²) in [7, 11) is 0. The van der Waals surface area contributed by atoms with Gasteiger partial charge in [-0.3, -0.25) is 4.57 Å². The first-order chi connectivity index (χ1) is 14.0. The van der Waals surface area contributed by atoms with Crippen LogP contribution in [0, 0.1) is 26.6 Å². The predicted octanol–water partition coefficient (Wildman–Crippen LogP) is 5.63. The first kappa shape index (κ1) is 18.9. The number of hydrogen-bond acceptors (Lipinski definition) is 4.